The highest BCUT2D eigenvalue weighted by atomic mass is 32.1. The third-order valence-corrected chi connectivity index (χ3v) is 6.54. The number of rotatable bonds is 1. The number of quaternary nitrogens is 2. The molecule has 0 aromatic carbocycles. The zero-order valence-electron chi connectivity index (χ0n) is 14.0. The number of anilines is 1. The molecule has 2 aliphatic heterocycles. The van der Waals surface area contributed by atoms with Crippen molar-refractivity contribution < 1.29 is 9.80 Å². The molecule has 1 unspecified atom stereocenters. The zero-order valence-corrected chi connectivity index (χ0v) is 14.9. The Morgan fingerprint density at radius 3 is 2.75 bits per heavy atom. The highest BCUT2D eigenvalue weighted by Gasteiger charge is 2.29. The molecule has 0 spiro atoms. The maximum atomic E-state index is 4.85. The first-order chi connectivity index (χ1) is 11.7. The van der Waals surface area contributed by atoms with Gasteiger partial charge in [0.1, 0.15) is 17.2 Å². The molecule has 24 heavy (non-hydrogen) atoms. The van der Waals surface area contributed by atoms with Crippen molar-refractivity contribution in [3.05, 3.63) is 10.4 Å². The van der Waals surface area contributed by atoms with Gasteiger partial charge in [0.05, 0.1) is 57.1 Å². The number of hydrogen-bond acceptors (Lipinski definition) is 6. The molecule has 0 bridgehead atoms. The highest BCUT2D eigenvalue weighted by Crippen LogP contribution is 2.37. The van der Waals surface area contributed by atoms with Crippen LogP contribution in [0.1, 0.15) is 10.4 Å². The van der Waals surface area contributed by atoms with Crippen LogP contribution in [-0.2, 0) is 13.0 Å². The molecule has 3 aromatic heterocycles. The minimum Gasteiger partial charge on any atom is -0.345 e. The van der Waals surface area contributed by atoms with Crippen molar-refractivity contribution in [3.63, 3.8) is 0 Å². The fourth-order valence-corrected chi connectivity index (χ4v) is 5.25. The van der Waals surface area contributed by atoms with E-state index in [9.17, 15) is 0 Å². The minimum atomic E-state index is 0.614. The van der Waals surface area contributed by atoms with Crippen molar-refractivity contribution in [1.29, 1.82) is 0 Å². The van der Waals surface area contributed by atoms with E-state index >= 15 is 0 Å². The number of aromatic nitrogens is 5. The Balaban J connectivity index is 1.74. The number of piperazine rings is 1. The van der Waals surface area contributed by atoms with Gasteiger partial charge in [0.15, 0.2) is 0 Å². The van der Waals surface area contributed by atoms with Crippen LogP contribution >= 0.6 is 11.3 Å². The van der Waals surface area contributed by atoms with Gasteiger partial charge in [-0.15, -0.1) is 11.3 Å². The summed E-state index contributed by atoms with van der Waals surface area (Å²) in [5, 5.41) is 13.4. The molecule has 5 rings (SSSR count). The summed E-state index contributed by atoms with van der Waals surface area (Å²) in [6.07, 6.45) is 1.11. The largest absolute Gasteiger partial charge is 0.345 e. The van der Waals surface area contributed by atoms with Crippen molar-refractivity contribution in [2.75, 3.05) is 51.7 Å². The van der Waals surface area contributed by atoms with Gasteiger partial charge in [-0.1, -0.05) is 5.10 Å². The van der Waals surface area contributed by atoms with Crippen molar-refractivity contribution >= 4 is 33.1 Å². The Labute approximate surface area is 143 Å². The van der Waals surface area contributed by atoms with Crippen molar-refractivity contribution in [1.82, 2.24) is 25.0 Å². The van der Waals surface area contributed by atoms with Gasteiger partial charge in [-0.25, -0.2) is 0 Å². The molecule has 3 aromatic rings. The number of nitrogens with one attached hydrogen (secondary N) is 2. The SMILES string of the molecule is C[NH+]1CCN(c2nc3nnnn3c3sc4c(c23)CC[NH+](C)C4)CC1. The number of likely N-dealkylation sites (N-methyl/N-ethyl adjacent to an activating group) is 2. The lowest BCUT2D eigenvalue weighted by Gasteiger charge is -2.31. The first-order valence-electron chi connectivity index (χ1n) is 8.60. The van der Waals surface area contributed by atoms with E-state index in [2.05, 4.69) is 34.5 Å². The van der Waals surface area contributed by atoms with Gasteiger partial charge in [0.25, 0.3) is 5.78 Å². The molecule has 2 N–H and O–H groups in total. The smallest absolute Gasteiger partial charge is 0.276 e. The van der Waals surface area contributed by atoms with Gasteiger partial charge in [0.2, 0.25) is 0 Å². The van der Waals surface area contributed by atoms with Crippen molar-refractivity contribution in [2.45, 2.75) is 13.0 Å². The monoisotopic (exact) mass is 346 g/mol. The third kappa shape index (κ3) is 2.11. The van der Waals surface area contributed by atoms with Crippen LogP contribution in [0.25, 0.3) is 16.0 Å². The fraction of sp³-hybridized carbons (Fsp3) is 0.600. The molecule has 0 saturated carbocycles. The second-order valence-corrected chi connectivity index (χ2v) is 8.17. The van der Waals surface area contributed by atoms with E-state index < -0.39 is 0 Å². The summed E-state index contributed by atoms with van der Waals surface area (Å²) in [4.78, 5) is 13.1. The Hall–Kier alpha value is -1.84. The van der Waals surface area contributed by atoms with Crippen LogP contribution in [0.2, 0.25) is 0 Å². The van der Waals surface area contributed by atoms with Gasteiger partial charge >= 0.3 is 0 Å². The molecule has 5 heterocycles. The van der Waals surface area contributed by atoms with Crippen LogP contribution in [0, 0.1) is 0 Å². The Bertz CT molecular complexity index is 907. The molecule has 0 radical (unpaired) electrons. The van der Waals surface area contributed by atoms with Crippen LogP contribution in [0.3, 0.4) is 0 Å². The summed E-state index contributed by atoms with van der Waals surface area (Å²) in [5.41, 5.74) is 1.48. The van der Waals surface area contributed by atoms with E-state index in [1.54, 1.807) is 9.80 Å². The first-order valence-corrected chi connectivity index (χ1v) is 9.42. The summed E-state index contributed by atoms with van der Waals surface area (Å²) in [6, 6.07) is 0. The molecule has 0 aliphatic carbocycles. The van der Waals surface area contributed by atoms with Gasteiger partial charge in [-0.3, -0.25) is 0 Å². The van der Waals surface area contributed by atoms with E-state index in [1.807, 2.05) is 15.9 Å². The topological polar surface area (TPSA) is 68.1 Å². The van der Waals surface area contributed by atoms with Crippen LogP contribution < -0.4 is 14.7 Å². The lowest BCUT2D eigenvalue weighted by atomic mass is 10.0. The summed E-state index contributed by atoms with van der Waals surface area (Å²) < 4.78 is 1.82. The normalized spacial score (nSPS) is 22.4. The predicted molar refractivity (Wildman–Crippen MR) is 92.0 cm³/mol. The van der Waals surface area contributed by atoms with E-state index in [4.69, 9.17) is 4.98 Å². The van der Waals surface area contributed by atoms with Crippen molar-refractivity contribution in [3.8, 4) is 0 Å². The van der Waals surface area contributed by atoms with E-state index in [0.29, 0.717) is 5.78 Å². The van der Waals surface area contributed by atoms with E-state index in [-0.39, 0.29) is 0 Å². The molecule has 9 heteroatoms. The quantitative estimate of drug-likeness (QED) is 0.516. The Morgan fingerprint density at radius 1 is 1.08 bits per heavy atom. The summed E-state index contributed by atoms with van der Waals surface area (Å²) in [6.45, 7) is 6.66. The van der Waals surface area contributed by atoms with Crippen LogP contribution in [0.5, 0.6) is 0 Å². The summed E-state index contributed by atoms with van der Waals surface area (Å²) in [7, 11) is 4.53. The minimum absolute atomic E-state index is 0.614. The van der Waals surface area contributed by atoms with E-state index in [0.717, 1.165) is 49.8 Å². The van der Waals surface area contributed by atoms with Crippen LogP contribution in [0.4, 0.5) is 5.82 Å². The molecule has 8 nitrogen and oxygen atoms in total. The molecule has 0 amide bonds. The van der Waals surface area contributed by atoms with Gasteiger partial charge < -0.3 is 14.7 Å². The number of nitrogens with zero attached hydrogens (tertiary/aromatic N) is 6. The number of thiophene rings is 1. The zero-order chi connectivity index (χ0) is 16.3. The predicted octanol–water partition coefficient (Wildman–Crippen LogP) is -2.36. The molecule has 126 valence electrons. The Morgan fingerprint density at radius 2 is 1.92 bits per heavy atom. The molecule has 1 fully saturated rings. The second-order valence-electron chi connectivity index (χ2n) is 7.09. The highest BCUT2D eigenvalue weighted by molar-refractivity contribution is 7.19. The second kappa shape index (κ2) is 5.33. The van der Waals surface area contributed by atoms with Gasteiger partial charge in [-0.2, -0.15) is 9.50 Å². The van der Waals surface area contributed by atoms with Gasteiger partial charge in [0, 0.05) is 6.42 Å². The number of hydrogen-bond donors (Lipinski definition) is 2. The lowest BCUT2D eigenvalue weighted by molar-refractivity contribution is -0.895. The third-order valence-electron chi connectivity index (χ3n) is 5.33. The van der Waals surface area contributed by atoms with Crippen LogP contribution in [0.15, 0.2) is 0 Å². The molecule has 1 atom stereocenters. The average Bonchev–Trinajstić information content (AvgIpc) is 3.18. The number of fused-ring (bicyclic) bond motifs is 5. The number of tetrazole rings is 1. The molecule has 2 aliphatic rings. The summed E-state index contributed by atoms with van der Waals surface area (Å²) in [5.74, 6) is 1.71. The summed E-state index contributed by atoms with van der Waals surface area (Å²) >= 11 is 1.84. The van der Waals surface area contributed by atoms with Crippen LogP contribution in [-0.4, -0.2) is 71.8 Å². The Kier molecular flexibility index (Phi) is 3.22. The standard InChI is InChI=1S/C15H20N8S/c1-20-5-7-22(8-6-20)13-12-10-3-4-21(2)9-11(10)24-14(12)23-15(16-13)17-18-19-23/h3-9H2,1-2H3/p+2. The van der Waals surface area contributed by atoms with Crippen molar-refractivity contribution in [2.24, 2.45) is 0 Å². The molecule has 1 saturated heterocycles. The maximum Gasteiger partial charge on any atom is 0.276 e. The van der Waals surface area contributed by atoms with Gasteiger partial charge in [-0.05, 0) is 16.0 Å². The fourth-order valence-electron chi connectivity index (χ4n) is 3.85. The average molecular weight is 346 g/mol. The lowest BCUT2D eigenvalue weighted by Crippen LogP contribution is -3.12. The molecular weight excluding hydrogens is 324 g/mol. The maximum absolute atomic E-state index is 4.85. The first kappa shape index (κ1) is 14.5. The molecular formula is C15H22N8S+2. The van der Waals surface area contributed by atoms with E-state index in [1.165, 1.54) is 22.4 Å².